The molecule has 0 aliphatic heterocycles. The topological polar surface area (TPSA) is 26.3 Å². The molecular formula is C8H17O2P. The van der Waals surface area contributed by atoms with Crippen molar-refractivity contribution in [1.82, 2.24) is 0 Å². The monoisotopic (exact) mass is 176 g/mol. The predicted molar refractivity (Wildman–Crippen MR) is 47.4 cm³/mol. The highest BCUT2D eigenvalue weighted by atomic mass is 31.2. The fourth-order valence-corrected chi connectivity index (χ4v) is 3.37. The van der Waals surface area contributed by atoms with Crippen molar-refractivity contribution < 1.29 is 9.09 Å². The molecule has 3 heteroatoms. The SMILES string of the molecule is CCOP(=O)(CC)CC1CC1. The van der Waals surface area contributed by atoms with Crippen LogP contribution >= 0.6 is 7.37 Å². The summed E-state index contributed by atoms with van der Waals surface area (Å²) < 4.78 is 17.1. The van der Waals surface area contributed by atoms with Gasteiger partial charge in [-0.2, -0.15) is 0 Å². The van der Waals surface area contributed by atoms with Crippen molar-refractivity contribution >= 4 is 7.37 Å². The molecule has 1 aliphatic carbocycles. The third-order valence-electron chi connectivity index (χ3n) is 2.08. The Bertz CT molecular complexity index is 163. The van der Waals surface area contributed by atoms with Crippen LogP contribution in [0, 0.1) is 5.92 Å². The van der Waals surface area contributed by atoms with Crippen LogP contribution in [0.2, 0.25) is 0 Å². The number of rotatable bonds is 5. The van der Waals surface area contributed by atoms with Crippen LogP contribution in [-0.4, -0.2) is 18.9 Å². The van der Waals surface area contributed by atoms with E-state index in [-0.39, 0.29) is 0 Å². The molecule has 1 atom stereocenters. The first-order valence-corrected chi connectivity index (χ1v) is 6.42. The van der Waals surface area contributed by atoms with Gasteiger partial charge in [-0.3, -0.25) is 4.57 Å². The van der Waals surface area contributed by atoms with E-state index < -0.39 is 7.37 Å². The Labute approximate surface area is 68.8 Å². The Morgan fingerprint density at radius 3 is 2.45 bits per heavy atom. The molecule has 0 aromatic rings. The van der Waals surface area contributed by atoms with Gasteiger partial charge in [-0.15, -0.1) is 0 Å². The second-order valence-electron chi connectivity index (χ2n) is 3.17. The summed E-state index contributed by atoms with van der Waals surface area (Å²) in [6.07, 6.45) is 4.06. The molecule has 0 aromatic heterocycles. The molecular weight excluding hydrogens is 159 g/mol. The van der Waals surface area contributed by atoms with E-state index in [4.69, 9.17) is 4.52 Å². The van der Waals surface area contributed by atoms with E-state index in [0.717, 1.165) is 6.16 Å². The highest BCUT2D eigenvalue weighted by Gasteiger charge is 2.31. The summed E-state index contributed by atoms with van der Waals surface area (Å²) in [5, 5.41) is 0. The van der Waals surface area contributed by atoms with E-state index >= 15 is 0 Å². The van der Waals surface area contributed by atoms with Gasteiger partial charge in [0.1, 0.15) is 0 Å². The van der Waals surface area contributed by atoms with Crippen molar-refractivity contribution in [2.24, 2.45) is 5.92 Å². The Morgan fingerprint density at radius 2 is 2.09 bits per heavy atom. The lowest BCUT2D eigenvalue weighted by Crippen LogP contribution is -1.99. The molecule has 0 spiro atoms. The zero-order valence-corrected chi connectivity index (χ0v) is 8.27. The molecule has 0 radical (unpaired) electrons. The molecule has 11 heavy (non-hydrogen) atoms. The van der Waals surface area contributed by atoms with Crippen LogP contribution in [0.25, 0.3) is 0 Å². The Morgan fingerprint density at radius 1 is 1.45 bits per heavy atom. The van der Waals surface area contributed by atoms with Crippen molar-refractivity contribution in [3.05, 3.63) is 0 Å². The maximum Gasteiger partial charge on any atom is 0.203 e. The van der Waals surface area contributed by atoms with E-state index in [2.05, 4.69) is 0 Å². The molecule has 1 aliphatic rings. The lowest BCUT2D eigenvalue weighted by Gasteiger charge is -2.14. The van der Waals surface area contributed by atoms with Gasteiger partial charge < -0.3 is 4.52 Å². The van der Waals surface area contributed by atoms with Gasteiger partial charge in [0.25, 0.3) is 0 Å². The second kappa shape index (κ2) is 3.73. The largest absolute Gasteiger partial charge is 0.329 e. The standard InChI is InChI=1S/C8H17O2P/c1-3-10-11(9,4-2)7-8-5-6-8/h8H,3-7H2,1-2H3. The summed E-state index contributed by atoms with van der Waals surface area (Å²) in [6.45, 7) is 4.46. The van der Waals surface area contributed by atoms with Crippen molar-refractivity contribution in [2.75, 3.05) is 18.9 Å². The van der Waals surface area contributed by atoms with Gasteiger partial charge >= 0.3 is 0 Å². The van der Waals surface area contributed by atoms with Crippen molar-refractivity contribution in [1.29, 1.82) is 0 Å². The Kier molecular flexibility index (Phi) is 3.15. The number of hydrogen-bond acceptors (Lipinski definition) is 2. The van der Waals surface area contributed by atoms with Crippen LogP contribution in [0.4, 0.5) is 0 Å². The third kappa shape index (κ3) is 2.96. The molecule has 0 N–H and O–H groups in total. The van der Waals surface area contributed by atoms with E-state index in [9.17, 15) is 4.57 Å². The van der Waals surface area contributed by atoms with E-state index in [0.29, 0.717) is 18.7 Å². The molecule has 1 unspecified atom stereocenters. The zero-order chi connectivity index (χ0) is 8.32. The van der Waals surface area contributed by atoms with Crippen molar-refractivity contribution in [3.63, 3.8) is 0 Å². The van der Waals surface area contributed by atoms with E-state index in [1.165, 1.54) is 12.8 Å². The summed E-state index contributed by atoms with van der Waals surface area (Å²) >= 11 is 0. The molecule has 0 amide bonds. The van der Waals surface area contributed by atoms with Crippen LogP contribution in [0.5, 0.6) is 0 Å². The third-order valence-corrected chi connectivity index (χ3v) is 4.84. The highest BCUT2D eigenvalue weighted by molar-refractivity contribution is 7.58. The van der Waals surface area contributed by atoms with Gasteiger partial charge in [0.15, 0.2) is 0 Å². The minimum absolute atomic E-state index is 0.595. The quantitative estimate of drug-likeness (QED) is 0.602. The summed E-state index contributed by atoms with van der Waals surface area (Å²) in [6, 6.07) is 0. The van der Waals surface area contributed by atoms with E-state index in [1.54, 1.807) is 0 Å². The molecule has 66 valence electrons. The average molecular weight is 176 g/mol. The summed E-state index contributed by atoms with van der Waals surface area (Å²) in [5.74, 6) is 0.715. The van der Waals surface area contributed by atoms with Gasteiger partial charge in [0.2, 0.25) is 7.37 Å². The summed E-state index contributed by atoms with van der Waals surface area (Å²) in [7, 11) is -2.19. The van der Waals surface area contributed by atoms with Crippen LogP contribution in [-0.2, 0) is 9.09 Å². The lowest BCUT2D eigenvalue weighted by atomic mass is 10.5. The smallest absolute Gasteiger partial charge is 0.203 e. The maximum absolute atomic E-state index is 11.8. The Balaban J connectivity index is 2.36. The minimum atomic E-state index is -2.19. The van der Waals surface area contributed by atoms with Gasteiger partial charge in [0, 0.05) is 12.3 Å². The van der Waals surface area contributed by atoms with Crippen LogP contribution in [0.3, 0.4) is 0 Å². The molecule has 1 saturated carbocycles. The molecule has 2 nitrogen and oxygen atoms in total. The first kappa shape index (κ1) is 9.28. The maximum atomic E-state index is 11.8. The first-order valence-electron chi connectivity index (χ1n) is 4.43. The molecule has 0 saturated heterocycles. The Hall–Kier alpha value is 0.190. The van der Waals surface area contributed by atoms with Gasteiger partial charge in [-0.1, -0.05) is 6.92 Å². The highest BCUT2D eigenvalue weighted by Crippen LogP contribution is 2.52. The number of hydrogen-bond donors (Lipinski definition) is 0. The van der Waals surface area contributed by atoms with E-state index in [1.807, 2.05) is 13.8 Å². The average Bonchev–Trinajstić information content (AvgIpc) is 2.73. The first-order chi connectivity index (χ1) is 5.20. The van der Waals surface area contributed by atoms with Crippen molar-refractivity contribution in [2.45, 2.75) is 26.7 Å². The van der Waals surface area contributed by atoms with Gasteiger partial charge in [-0.05, 0) is 25.7 Å². The molecule has 1 rings (SSSR count). The van der Waals surface area contributed by atoms with Crippen LogP contribution < -0.4 is 0 Å². The fourth-order valence-electron chi connectivity index (χ4n) is 1.20. The van der Waals surface area contributed by atoms with Gasteiger partial charge in [0.05, 0.1) is 6.61 Å². The summed E-state index contributed by atoms with van der Waals surface area (Å²) in [4.78, 5) is 0. The van der Waals surface area contributed by atoms with Crippen LogP contribution in [0.15, 0.2) is 0 Å². The molecule has 0 aromatic carbocycles. The van der Waals surface area contributed by atoms with Crippen LogP contribution in [0.1, 0.15) is 26.7 Å². The summed E-state index contributed by atoms with van der Waals surface area (Å²) in [5.41, 5.74) is 0. The minimum Gasteiger partial charge on any atom is -0.329 e. The van der Waals surface area contributed by atoms with Gasteiger partial charge in [-0.25, -0.2) is 0 Å². The molecule has 1 fully saturated rings. The fraction of sp³-hybridized carbons (Fsp3) is 1.00. The van der Waals surface area contributed by atoms with Crippen molar-refractivity contribution in [3.8, 4) is 0 Å². The normalized spacial score (nSPS) is 23.1. The predicted octanol–water partition coefficient (Wildman–Crippen LogP) is 2.73. The zero-order valence-electron chi connectivity index (χ0n) is 7.38. The lowest BCUT2D eigenvalue weighted by molar-refractivity contribution is 0.332. The molecule has 0 bridgehead atoms. The molecule has 0 heterocycles. The second-order valence-corrected chi connectivity index (χ2v) is 6.06.